The van der Waals surface area contributed by atoms with E-state index in [1.54, 1.807) is 0 Å². The molecule has 0 radical (unpaired) electrons. The van der Waals surface area contributed by atoms with E-state index in [9.17, 15) is 9.59 Å². The Balaban J connectivity index is 3.01. The van der Waals surface area contributed by atoms with Gasteiger partial charge in [0.2, 0.25) is 5.91 Å². The molecule has 1 aromatic heterocycles. The molecule has 4 N–H and O–H groups in total. The van der Waals surface area contributed by atoms with E-state index in [-0.39, 0.29) is 17.8 Å². The lowest BCUT2D eigenvalue weighted by Gasteiger charge is -2.01. The number of amides is 1. The number of ether oxygens (including phenoxy) is 1. The third-order valence-corrected chi connectivity index (χ3v) is 1.83. The van der Waals surface area contributed by atoms with Gasteiger partial charge in [0, 0.05) is 6.20 Å². The SMILES string of the molecule is COC(=O)c1cnc(N)c(C#CCC(N)=O)c1. The van der Waals surface area contributed by atoms with Crippen LogP contribution in [0.15, 0.2) is 12.3 Å². The van der Waals surface area contributed by atoms with Crippen LogP contribution < -0.4 is 11.5 Å². The van der Waals surface area contributed by atoms with Gasteiger partial charge in [-0.3, -0.25) is 4.79 Å². The summed E-state index contributed by atoms with van der Waals surface area (Å²) in [4.78, 5) is 25.5. The fraction of sp³-hybridized carbons (Fsp3) is 0.182. The fourth-order valence-corrected chi connectivity index (χ4v) is 1.03. The lowest BCUT2D eigenvalue weighted by atomic mass is 10.2. The molecule has 17 heavy (non-hydrogen) atoms. The molecule has 1 amide bonds. The maximum absolute atomic E-state index is 11.2. The topological polar surface area (TPSA) is 108 Å². The zero-order valence-electron chi connectivity index (χ0n) is 9.19. The quantitative estimate of drug-likeness (QED) is 0.537. The molecule has 0 saturated carbocycles. The van der Waals surface area contributed by atoms with Gasteiger partial charge in [0.1, 0.15) is 5.82 Å². The molecule has 0 aromatic carbocycles. The van der Waals surface area contributed by atoms with E-state index in [2.05, 4.69) is 21.6 Å². The Hall–Kier alpha value is -2.55. The number of pyridine rings is 1. The summed E-state index contributed by atoms with van der Waals surface area (Å²) in [6.45, 7) is 0. The Kier molecular flexibility index (Phi) is 4.06. The zero-order chi connectivity index (χ0) is 12.8. The Bertz CT molecular complexity index is 514. The third-order valence-electron chi connectivity index (χ3n) is 1.83. The van der Waals surface area contributed by atoms with Gasteiger partial charge in [0.05, 0.1) is 24.7 Å². The maximum atomic E-state index is 11.2. The second-order valence-corrected chi connectivity index (χ2v) is 3.09. The van der Waals surface area contributed by atoms with Crippen molar-refractivity contribution in [2.45, 2.75) is 6.42 Å². The van der Waals surface area contributed by atoms with Crippen molar-refractivity contribution in [3.63, 3.8) is 0 Å². The van der Waals surface area contributed by atoms with Gasteiger partial charge >= 0.3 is 5.97 Å². The molecule has 6 nitrogen and oxygen atoms in total. The van der Waals surface area contributed by atoms with Crippen LogP contribution in [0, 0.1) is 11.8 Å². The molecule has 0 saturated heterocycles. The van der Waals surface area contributed by atoms with Crippen LogP contribution in [0.3, 0.4) is 0 Å². The molecule has 0 atom stereocenters. The van der Waals surface area contributed by atoms with Crippen molar-refractivity contribution in [3.8, 4) is 11.8 Å². The third kappa shape index (κ3) is 3.50. The lowest BCUT2D eigenvalue weighted by Crippen LogP contribution is -2.08. The van der Waals surface area contributed by atoms with E-state index in [1.807, 2.05) is 0 Å². The van der Waals surface area contributed by atoms with Crippen molar-refractivity contribution in [2.75, 3.05) is 12.8 Å². The summed E-state index contributed by atoms with van der Waals surface area (Å²) in [7, 11) is 1.26. The fourth-order valence-electron chi connectivity index (χ4n) is 1.03. The van der Waals surface area contributed by atoms with Gasteiger partial charge in [-0.1, -0.05) is 11.8 Å². The highest BCUT2D eigenvalue weighted by Gasteiger charge is 2.08. The number of rotatable bonds is 2. The molecule has 1 aromatic rings. The van der Waals surface area contributed by atoms with Gasteiger partial charge < -0.3 is 16.2 Å². The molecule has 1 rings (SSSR count). The van der Waals surface area contributed by atoms with Crippen molar-refractivity contribution >= 4 is 17.7 Å². The van der Waals surface area contributed by atoms with Crippen molar-refractivity contribution in [1.82, 2.24) is 4.98 Å². The molecule has 0 bridgehead atoms. The summed E-state index contributed by atoms with van der Waals surface area (Å²) in [5.74, 6) is 4.26. The van der Waals surface area contributed by atoms with Crippen LogP contribution in [0.2, 0.25) is 0 Å². The maximum Gasteiger partial charge on any atom is 0.339 e. The second-order valence-electron chi connectivity index (χ2n) is 3.09. The standard InChI is InChI=1S/C11H11N3O3/c1-17-11(16)8-5-7(10(13)14-6-8)3-2-4-9(12)15/h5-6H,4H2,1H3,(H2,12,15)(H2,13,14). The van der Waals surface area contributed by atoms with Crippen LogP contribution in [0.5, 0.6) is 0 Å². The van der Waals surface area contributed by atoms with E-state index in [0.717, 1.165) is 0 Å². The summed E-state index contributed by atoms with van der Waals surface area (Å²) < 4.78 is 4.53. The van der Waals surface area contributed by atoms with Crippen molar-refractivity contribution in [2.24, 2.45) is 5.73 Å². The summed E-state index contributed by atoms with van der Waals surface area (Å²) in [5.41, 5.74) is 11.1. The molecular formula is C11H11N3O3. The van der Waals surface area contributed by atoms with Gasteiger partial charge in [-0.25, -0.2) is 9.78 Å². The van der Waals surface area contributed by atoms with Gasteiger partial charge in [0.25, 0.3) is 0 Å². The molecule has 0 aliphatic rings. The highest BCUT2D eigenvalue weighted by molar-refractivity contribution is 5.89. The number of carbonyl (C=O) groups is 2. The number of esters is 1. The smallest absolute Gasteiger partial charge is 0.339 e. The Morgan fingerprint density at radius 3 is 2.82 bits per heavy atom. The van der Waals surface area contributed by atoms with E-state index in [0.29, 0.717) is 5.56 Å². The van der Waals surface area contributed by atoms with E-state index >= 15 is 0 Å². The number of methoxy groups -OCH3 is 1. The average molecular weight is 233 g/mol. The molecule has 1 heterocycles. The number of anilines is 1. The second kappa shape index (κ2) is 5.51. The Labute approximate surface area is 98.0 Å². The highest BCUT2D eigenvalue weighted by Crippen LogP contribution is 2.10. The highest BCUT2D eigenvalue weighted by atomic mass is 16.5. The Morgan fingerprint density at radius 1 is 1.53 bits per heavy atom. The molecule has 0 aliphatic carbocycles. The Morgan fingerprint density at radius 2 is 2.24 bits per heavy atom. The first-order valence-electron chi connectivity index (χ1n) is 4.65. The van der Waals surface area contributed by atoms with Crippen molar-refractivity contribution in [3.05, 3.63) is 23.4 Å². The molecule has 0 aliphatic heterocycles. The largest absolute Gasteiger partial charge is 0.465 e. The van der Waals surface area contributed by atoms with Crippen molar-refractivity contribution < 1.29 is 14.3 Å². The van der Waals surface area contributed by atoms with Crippen LogP contribution in [0.4, 0.5) is 5.82 Å². The van der Waals surface area contributed by atoms with Gasteiger partial charge in [0.15, 0.2) is 0 Å². The number of nitrogens with zero attached hydrogens (tertiary/aromatic N) is 1. The van der Waals surface area contributed by atoms with Crippen LogP contribution in [-0.2, 0) is 9.53 Å². The molecule has 88 valence electrons. The molecule has 0 unspecified atom stereocenters. The van der Waals surface area contributed by atoms with E-state index in [1.165, 1.54) is 19.4 Å². The first kappa shape index (κ1) is 12.5. The number of aromatic nitrogens is 1. The number of nitrogens with two attached hydrogens (primary N) is 2. The van der Waals surface area contributed by atoms with E-state index < -0.39 is 11.9 Å². The van der Waals surface area contributed by atoms with Crippen LogP contribution in [0.1, 0.15) is 22.3 Å². The average Bonchev–Trinajstić information content (AvgIpc) is 2.30. The summed E-state index contributed by atoms with van der Waals surface area (Å²) in [6, 6.07) is 1.45. The van der Waals surface area contributed by atoms with E-state index in [4.69, 9.17) is 11.5 Å². The number of nitrogen functional groups attached to an aromatic ring is 1. The predicted molar refractivity (Wildman–Crippen MR) is 60.7 cm³/mol. The molecular weight excluding hydrogens is 222 g/mol. The number of hydrogen-bond donors (Lipinski definition) is 2. The minimum Gasteiger partial charge on any atom is -0.465 e. The van der Waals surface area contributed by atoms with Gasteiger partial charge in [-0.05, 0) is 6.07 Å². The van der Waals surface area contributed by atoms with Gasteiger partial charge in [-0.2, -0.15) is 0 Å². The van der Waals surface area contributed by atoms with Crippen LogP contribution in [0.25, 0.3) is 0 Å². The van der Waals surface area contributed by atoms with Crippen LogP contribution >= 0.6 is 0 Å². The molecule has 0 spiro atoms. The first-order chi connectivity index (χ1) is 8.04. The monoisotopic (exact) mass is 233 g/mol. The predicted octanol–water partition coefficient (Wildman–Crippen LogP) is -0.323. The zero-order valence-corrected chi connectivity index (χ0v) is 9.19. The summed E-state index contributed by atoms with van der Waals surface area (Å²) in [5, 5.41) is 0. The molecule has 6 heteroatoms. The molecule has 0 fully saturated rings. The minimum atomic E-state index is -0.534. The summed E-state index contributed by atoms with van der Waals surface area (Å²) >= 11 is 0. The lowest BCUT2D eigenvalue weighted by molar-refractivity contribution is -0.117. The normalized spacial score (nSPS) is 9.00. The van der Waals surface area contributed by atoms with Gasteiger partial charge in [-0.15, -0.1) is 0 Å². The van der Waals surface area contributed by atoms with Crippen LogP contribution in [-0.4, -0.2) is 24.0 Å². The number of primary amides is 1. The summed E-state index contributed by atoms with van der Waals surface area (Å²) in [6.07, 6.45) is 1.21. The number of hydrogen-bond acceptors (Lipinski definition) is 5. The number of carbonyl (C=O) groups excluding carboxylic acids is 2. The minimum absolute atomic E-state index is 0.0815. The first-order valence-corrected chi connectivity index (χ1v) is 4.65. The van der Waals surface area contributed by atoms with Crippen molar-refractivity contribution in [1.29, 1.82) is 0 Å².